The van der Waals surface area contributed by atoms with Crippen molar-refractivity contribution in [1.29, 1.82) is 0 Å². The minimum Gasteiger partial charge on any atom is -0.341 e. The monoisotopic (exact) mass is 340 g/mol. The topological polar surface area (TPSA) is 23.6 Å². The Morgan fingerprint density at radius 1 is 0.920 bits per heavy atom. The summed E-state index contributed by atoms with van der Waals surface area (Å²) in [5.41, 5.74) is 1.93. The third-order valence-electron chi connectivity index (χ3n) is 4.76. The molecule has 2 aromatic rings. The van der Waals surface area contributed by atoms with Crippen LogP contribution in [0.4, 0.5) is 4.39 Å². The molecule has 4 heteroatoms. The Morgan fingerprint density at radius 2 is 1.68 bits per heavy atom. The molecular weight excluding hydrogens is 315 g/mol. The summed E-state index contributed by atoms with van der Waals surface area (Å²) in [6.45, 7) is 4.37. The Kier molecular flexibility index (Phi) is 6.18. The lowest BCUT2D eigenvalue weighted by atomic mass is 10.1. The SMILES string of the molecule is O=C(CCc1ccccc1F)N1CCCN(Cc2ccccc2)CC1. The van der Waals surface area contributed by atoms with E-state index in [2.05, 4.69) is 29.2 Å². The minimum atomic E-state index is -0.222. The predicted molar refractivity (Wildman–Crippen MR) is 97.6 cm³/mol. The first-order valence-corrected chi connectivity index (χ1v) is 9.00. The predicted octanol–water partition coefficient (Wildman–Crippen LogP) is 3.49. The summed E-state index contributed by atoms with van der Waals surface area (Å²) in [6, 6.07) is 17.1. The van der Waals surface area contributed by atoms with Crippen molar-refractivity contribution in [2.24, 2.45) is 0 Å². The molecule has 1 aliphatic rings. The van der Waals surface area contributed by atoms with Crippen molar-refractivity contribution >= 4 is 5.91 Å². The second kappa shape index (κ2) is 8.77. The van der Waals surface area contributed by atoms with E-state index in [1.807, 2.05) is 17.0 Å². The first kappa shape index (κ1) is 17.6. The fourth-order valence-corrected chi connectivity index (χ4v) is 3.32. The third kappa shape index (κ3) is 5.13. The average molecular weight is 340 g/mol. The normalized spacial score (nSPS) is 15.8. The largest absolute Gasteiger partial charge is 0.341 e. The molecule has 0 aromatic heterocycles. The molecule has 1 amide bonds. The van der Waals surface area contributed by atoms with Crippen molar-refractivity contribution in [2.45, 2.75) is 25.8 Å². The summed E-state index contributed by atoms with van der Waals surface area (Å²) in [6.07, 6.45) is 1.83. The molecule has 0 unspecified atom stereocenters. The lowest BCUT2D eigenvalue weighted by Crippen LogP contribution is -2.35. The van der Waals surface area contributed by atoms with Gasteiger partial charge in [-0.2, -0.15) is 0 Å². The van der Waals surface area contributed by atoms with Crippen LogP contribution in [-0.2, 0) is 17.8 Å². The highest BCUT2D eigenvalue weighted by atomic mass is 19.1. The van der Waals surface area contributed by atoms with E-state index >= 15 is 0 Å². The number of benzene rings is 2. The maximum absolute atomic E-state index is 13.7. The lowest BCUT2D eigenvalue weighted by Gasteiger charge is -2.22. The smallest absolute Gasteiger partial charge is 0.222 e. The fourth-order valence-electron chi connectivity index (χ4n) is 3.32. The third-order valence-corrected chi connectivity index (χ3v) is 4.76. The molecule has 1 aliphatic heterocycles. The molecule has 0 bridgehead atoms. The van der Waals surface area contributed by atoms with E-state index in [4.69, 9.17) is 0 Å². The second-order valence-electron chi connectivity index (χ2n) is 6.59. The quantitative estimate of drug-likeness (QED) is 0.832. The molecule has 1 saturated heterocycles. The zero-order valence-electron chi connectivity index (χ0n) is 14.5. The van der Waals surface area contributed by atoms with Crippen LogP contribution in [0.15, 0.2) is 54.6 Å². The molecule has 1 heterocycles. The van der Waals surface area contributed by atoms with Crippen molar-refractivity contribution < 1.29 is 9.18 Å². The number of hydrogen-bond donors (Lipinski definition) is 0. The van der Waals surface area contributed by atoms with Crippen molar-refractivity contribution in [3.05, 3.63) is 71.5 Å². The maximum Gasteiger partial charge on any atom is 0.222 e. The van der Waals surface area contributed by atoms with Crippen LogP contribution in [0.25, 0.3) is 0 Å². The Morgan fingerprint density at radius 3 is 2.48 bits per heavy atom. The van der Waals surface area contributed by atoms with Gasteiger partial charge in [-0.3, -0.25) is 9.69 Å². The number of rotatable bonds is 5. The van der Waals surface area contributed by atoms with E-state index in [1.165, 1.54) is 11.6 Å². The van der Waals surface area contributed by atoms with E-state index in [0.717, 1.165) is 39.1 Å². The zero-order valence-corrected chi connectivity index (χ0v) is 14.5. The molecule has 0 N–H and O–H groups in total. The van der Waals surface area contributed by atoms with E-state index in [-0.39, 0.29) is 11.7 Å². The highest BCUT2D eigenvalue weighted by Gasteiger charge is 2.19. The van der Waals surface area contributed by atoms with Gasteiger partial charge < -0.3 is 4.90 Å². The molecule has 132 valence electrons. The van der Waals surface area contributed by atoms with Gasteiger partial charge >= 0.3 is 0 Å². The molecule has 3 rings (SSSR count). The van der Waals surface area contributed by atoms with Crippen LogP contribution in [0.5, 0.6) is 0 Å². The van der Waals surface area contributed by atoms with Gasteiger partial charge in [-0.1, -0.05) is 48.5 Å². The van der Waals surface area contributed by atoms with Crippen molar-refractivity contribution in [3.8, 4) is 0 Å². The van der Waals surface area contributed by atoms with Crippen LogP contribution in [0.3, 0.4) is 0 Å². The summed E-state index contributed by atoms with van der Waals surface area (Å²) in [5.74, 6) is -0.0926. The second-order valence-corrected chi connectivity index (χ2v) is 6.59. The lowest BCUT2D eigenvalue weighted by molar-refractivity contribution is -0.131. The van der Waals surface area contributed by atoms with Gasteiger partial charge in [0.25, 0.3) is 0 Å². The number of carbonyl (C=O) groups excluding carboxylic acids is 1. The Labute approximate surface area is 149 Å². The van der Waals surface area contributed by atoms with Crippen molar-refractivity contribution in [3.63, 3.8) is 0 Å². The number of halogens is 1. The van der Waals surface area contributed by atoms with Crippen molar-refractivity contribution in [2.75, 3.05) is 26.2 Å². The van der Waals surface area contributed by atoms with Gasteiger partial charge in [-0.05, 0) is 30.0 Å². The highest BCUT2D eigenvalue weighted by Crippen LogP contribution is 2.13. The minimum absolute atomic E-state index is 0.129. The number of amides is 1. The summed E-state index contributed by atoms with van der Waals surface area (Å²) in [5, 5.41) is 0. The van der Waals surface area contributed by atoms with Crippen LogP contribution < -0.4 is 0 Å². The Balaban J connectivity index is 1.49. The summed E-state index contributed by atoms with van der Waals surface area (Å²) < 4.78 is 13.7. The molecule has 3 nitrogen and oxygen atoms in total. The summed E-state index contributed by atoms with van der Waals surface area (Å²) in [7, 11) is 0. The maximum atomic E-state index is 13.7. The van der Waals surface area contributed by atoms with Gasteiger partial charge in [0, 0.05) is 39.1 Å². The van der Waals surface area contributed by atoms with E-state index in [1.54, 1.807) is 12.1 Å². The molecule has 0 atom stereocenters. The number of aryl methyl sites for hydroxylation is 1. The standard InChI is InChI=1S/C21H25FN2O/c22-20-10-5-4-9-19(20)11-12-21(25)24-14-6-13-23(15-16-24)17-18-7-2-1-3-8-18/h1-5,7-10H,6,11-17H2. The van der Waals surface area contributed by atoms with E-state index < -0.39 is 0 Å². The highest BCUT2D eigenvalue weighted by molar-refractivity contribution is 5.76. The van der Waals surface area contributed by atoms with Crippen molar-refractivity contribution in [1.82, 2.24) is 9.80 Å². The number of carbonyl (C=O) groups is 1. The van der Waals surface area contributed by atoms with Crippen LogP contribution in [0, 0.1) is 5.82 Å². The zero-order chi connectivity index (χ0) is 17.5. The van der Waals surface area contributed by atoms with Gasteiger partial charge in [0.15, 0.2) is 0 Å². The number of hydrogen-bond acceptors (Lipinski definition) is 2. The number of nitrogens with zero attached hydrogens (tertiary/aromatic N) is 2. The molecule has 25 heavy (non-hydrogen) atoms. The van der Waals surface area contributed by atoms with Gasteiger partial charge in [-0.25, -0.2) is 4.39 Å². The van der Waals surface area contributed by atoms with Gasteiger partial charge in [0.05, 0.1) is 0 Å². The summed E-state index contributed by atoms with van der Waals surface area (Å²) >= 11 is 0. The average Bonchev–Trinajstić information content (AvgIpc) is 2.87. The van der Waals surface area contributed by atoms with Gasteiger partial charge in [-0.15, -0.1) is 0 Å². The fraction of sp³-hybridized carbons (Fsp3) is 0.381. The molecular formula is C21H25FN2O. The first-order chi connectivity index (χ1) is 12.2. The molecule has 0 saturated carbocycles. The first-order valence-electron chi connectivity index (χ1n) is 9.00. The van der Waals surface area contributed by atoms with Crippen LogP contribution >= 0.6 is 0 Å². The molecule has 0 spiro atoms. The summed E-state index contributed by atoms with van der Waals surface area (Å²) in [4.78, 5) is 16.8. The van der Waals surface area contributed by atoms with E-state index in [0.29, 0.717) is 18.4 Å². The van der Waals surface area contributed by atoms with Gasteiger partial charge in [0.2, 0.25) is 5.91 Å². The molecule has 0 radical (unpaired) electrons. The van der Waals surface area contributed by atoms with Crippen LogP contribution in [-0.4, -0.2) is 41.9 Å². The van der Waals surface area contributed by atoms with Crippen LogP contribution in [0.1, 0.15) is 24.0 Å². The van der Waals surface area contributed by atoms with Crippen LogP contribution in [0.2, 0.25) is 0 Å². The molecule has 2 aromatic carbocycles. The Hall–Kier alpha value is -2.20. The molecule has 0 aliphatic carbocycles. The van der Waals surface area contributed by atoms with E-state index in [9.17, 15) is 9.18 Å². The Bertz CT molecular complexity index is 689. The van der Waals surface area contributed by atoms with Gasteiger partial charge in [0.1, 0.15) is 5.82 Å². The molecule has 1 fully saturated rings.